The minimum Gasteiger partial charge on any atom is -0.418 e. The maximum Gasteiger partial charge on any atom is 0.247 e. The zero-order valence-electron chi connectivity index (χ0n) is 10.3. The van der Waals surface area contributed by atoms with Crippen LogP contribution in [0.3, 0.4) is 0 Å². The molecule has 2 aromatic rings. The van der Waals surface area contributed by atoms with Crippen LogP contribution in [0.25, 0.3) is 11.5 Å². The Kier molecular flexibility index (Phi) is 2.98. The molecule has 1 N–H and O–H groups in total. The zero-order valence-corrected chi connectivity index (χ0v) is 10.3. The molecule has 0 saturated carbocycles. The minimum atomic E-state index is -0.229. The second kappa shape index (κ2) is 4.30. The molecule has 1 aromatic heterocycles. The van der Waals surface area contributed by atoms with Gasteiger partial charge in [-0.15, -0.1) is 10.2 Å². The summed E-state index contributed by atoms with van der Waals surface area (Å²) in [7, 11) is 0. The van der Waals surface area contributed by atoms with Crippen molar-refractivity contribution in [1.82, 2.24) is 10.2 Å². The summed E-state index contributed by atoms with van der Waals surface area (Å²) in [6.45, 7) is 6.27. The molecule has 0 fully saturated rings. The van der Waals surface area contributed by atoms with Crippen LogP contribution >= 0.6 is 0 Å². The lowest BCUT2D eigenvalue weighted by molar-refractivity contribution is 0.241. The van der Waals surface area contributed by atoms with Gasteiger partial charge in [-0.2, -0.15) is 0 Å². The third kappa shape index (κ3) is 2.53. The fraction of sp³-hybridized carbons (Fsp3) is 0.385. The lowest BCUT2D eigenvalue weighted by Gasteiger charge is -2.18. The first-order valence-electron chi connectivity index (χ1n) is 5.55. The summed E-state index contributed by atoms with van der Waals surface area (Å²) in [5.74, 6) is 0.675. The topological polar surface area (TPSA) is 59.2 Å². The van der Waals surface area contributed by atoms with Gasteiger partial charge in [0.15, 0.2) is 0 Å². The first-order valence-corrected chi connectivity index (χ1v) is 5.55. The summed E-state index contributed by atoms with van der Waals surface area (Å²) in [5.41, 5.74) is 2.25. The number of aromatic nitrogens is 2. The Balaban J connectivity index is 2.29. The van der Waals surface area contributed by atoms with E-state index in [9.17, 15) is 0 Å². The number of nitrogens with zero attached hydrogens (tertiary/aromatic N) is 2. The molecule has 2 rings (SSSR count). The van der Waals surface area contributed by atoms with Gasteiger partial charge in [-0.1, -0.05) is 32.9 Å². The van der Waals surface area contributed by atoms with E-state index in [1.165, 1.54) is 5.56 Å². The molecular weight excluding hydrogens is 216 g/mol. The molecule has 0 radical (unpaired) electrons. The van der Waals surface area contributed by atoms with E-state index in [1.54, 1.807) is 0 Å². The van der Waals surface area contributed by atoms with Gasteiger partial charge in [0.25, 0.3) is 0 Å². The summed E-state index contributed by atoms with van der Waals surface area (Å²) in [6, 6.07) is 8.01. The Morgan fingerprint density at radius 1 is 1.12 bits per heavy atom. The van der Waals surface area contributed by atoms with Crippen molar-refractivity contribution in [3.05, 3.63) is 35.7 Å². The molecule has 0 unspecified atom stereocenters. The second-order valence-electron chi connectivity index (χ2n) is 4.99. The van der Waals surface area contributed by atoms with Crippen LogP contribution in [0.15, 0.2) is 28.7 Å². The summed E-state index contributed by atoms with van der Waals surface area (Å²) in [5, 5.41) is 16.4. The van der Waals surface area contributed by atoms with Gasteiger partial charge in [-0.25, -0.2) is 0 Å². The molecule has 0 aliphatic heterocycles. The summed E-state index contributed by atoms with van der Waals surface area (Å²) in [6.07, 6.45) is 0. The zero-order chi connectivity index (χ0) is 12.5. The SMILES string of the molecule is CC(C)(C)c1ccc(-c2nnc(CO)o2)cc1. The first kappa shape index (κ1) is 11.8. The summed E-state index contributed by atoms with van der Waals surface area (Å²) >= 11 is 0. The molecule has 0 spiro atoms. The van der Waals surface area contributed by atoms with Crippen LogP contribution in [0, 0.1) is 0 Å². The Bertz CT molecular complexity index is 495. The third-order valence-corrected chi connectivity index (χ3v) is 2.60. The van der Waals surface area contributed by atoms with Crippen molar-refractivity contribution in [2.45, 2.75) is 32.8 Å². The average molecular weight is 232 g/mol. The summed E-state index contributed by atoms with van der Waals surface area (Å²) in [4.78, 5) is 0. The normalized spacial score (nSPS) is 11.8. The van der Waals surface area contributed by atoms with Crippen molar-refractivity contribution in [2.24, 2.45) is 0 Å². The van der Waals surface area contributed by atoms with E-state index in [2.05, 4.69) is 43.1 Å². The van der Waals surface area contributed by atoms with Gasteiger partial charge in [-0.05, 0) is 23.1 Å². The highest BCUT2D eigenvalue weighted by Crippen LogP contribution is 2.25. The van der Waals surface area contributed by atoms with Crippen molar-refractivity contribution < 1.29 is 9.52 Å². The quantitative estimate of drug-likeness (QED) is 0.864. The molecule has 0 aliphatic rings. The van der Waals surface area contributed by atoms with E-state index in [4.69, 9.17) is 9.52 Å². The van der Waals surface area contributed by atoms with Gasteiger partial charge in [-0.3, -0.25) is 0 Å². The number of aliphatic hydroxyl groups excluding tert-OH is 1. The van der Waals surface area contributed by atoms with Crippen molar-refractivity contribution in [2.75, 3.05) is 0 Å². The predicted molar refractivity (Wildman–Crippen MR) is 64.4 cm³/mol. The van der Waals surface area contributed by atoms with E-state index in [1.807, 2.05) is 12.1 Å². The Hall–Kier alpha value is -1.68. The van der Waals surface area contributed by atoms with Crippen LogP contribution in [-0.4, -0.2) is 15.3 Å². The predicted octanol–water partition coefficient (Wildman–Crippen LogP) is 2.53. The molecule has 17 heavy (non-hydrogen) atoms. The molecule has 1 heterocycles. The molecule has 0 amide bonds. The molecule has 4 heteroatoms. The molecule has 4 nitrogen and oxygen atoms in total. The standard InChI is InChI=1S/C13H16N2O2/c1-13(2,3)10-6-4-9(5-7-10)12-15-14-11(8-16)17-12/h4-7,16H,8H2,1-3H3. The molecule has 0 atom stereocenters. The third-order valence-electron chi connectivity index (χ3n) is 2.60. The lowest BCUT2D eigenvalue weighted by atomic mass is 9.87. The van der Waals surface area contributed by atoms with Crippen molar-refractivity contribution in [3.8, 4) is 11.5 Å². The lowest BCUT2D eigenvalue weighted by Crippen LogP contribution is -2.10. The molecule has 0 aliphatic carbocycles. The van der Waals surface area contributed by atoms with Crippen LogP contribution in [0.1, 0.15) is 32.2 Å². The van der Waals surface area contributed by atoms with Crippen LogP contribution in [0.5, 0.6) is 0 Å². The van der Waals surface area contributed by atoms with Gasteiger partial charge in [0.1, 0.15) is 6.61 Å². The van der Waals surface area contributed by atoms with E-state index >= 15 is 0 Å². The highest BCUT2D eigenvalue weighted by molar-refractivity contribution is 5.53. The second-order valence-corrected chi connectivity index (χ2v) is 4.99. The first-order chi connectivity index (χ1) is 8.00. The van der Waals surface area contributed by atoms with Crippen LogP contribution in [-0.2, 0) is 12.0 Å². The van der Waals surface area contributed by atoms with E-state index in [-0.39, 0.29) is 17.9 Å². The number of benzene rings is 1. The van der Waals surface area contributed by atoms with Crippen LogP contribution in [0.2, 0.25) is 0 Å². The van der Waals surface area contributed by atoms with E-state index in [0.29, 0.717) is 5.89 Å². The molecule has 0 saturated heterocycles. The highest BCUT2D eigenvalue weighted by atomic mass is 16.4. The monoisotopic (exact) mass is 232 g/mol. The number of hydrogen-bond acceptors (Lipinski definition) is 4. The van der Waals surface area contributed by atoms with E-state index in [0.717, 1.165) is 5.56 Å². The molecule has 1 aromatic carbocycles. The molecule has 90 valence electrons. The van der Waals surface area contributed by atoms with Gasteiger partial charge in [0, 0.05) is 5.56 Å². The highest BCUT2D eigenvalue weighted by Gasteiger charge is 2.14. The minimum absolute atomic E-state index is 0.129. The Labute approximate surface area is 100 Å². The Morgan fingerprint density at radius 3 is 2.24 bits per heavy atom. The van der Waals surface area contributed by atoms with Crippen molar-refractivity contribution in [3.63, 3.8) is 0 Å². The Morgan fingerprint density at radius 2 is 1.76 bits per heavy atom. The van der Waals surface area contributed by atoms with Gasteiger partial charge in [0.05, 0.1) is 0 Å². The van der Waals surface area contributed by atoms with Gasteiger partial charge in [0.2, 0.25) is 11.8 Å². The van der Waals surface area contributed by atoms with Crippen molar-refractivity contribution >= 4 is 0 Å². The van der Waals surface area contributed by atoms with Crippen molar-refractivity contribution in [1.29, 1.82) is 0 Å². The fourth-order valence-corrected chi connectivity index (χ4v) is 1.55. The average Bonchev–Trinajstić information content (AvgIpc) is 2.76. The van der Waals surface area contributed by atoms with Crippen LogP contribution < -0.4 is 0 Å². The van der Waals surface area contributed by atoms with Gasteiger partial charge < -0.3 is 9.52 Å². The fourth-order valence-electron chi connectivity index (χ4n) is 1.55. The summed E-state index contributed by atoms with van der Waals surface area (Å²) < 4.78 is 5.27. The van der Waals surface area contributed by atoms with Crippen LogP contribution in [0.4, 0.5) is 0 Å². The maximum atomic E-state index is 8.85. The maximum absolute atomic E-state index is 8.85. The molecule has 0 bridgehead atoms. The smallest absolute Gasteiger partial charge is 0.247 e. The largest absolute Gasteiger partial charge is 0.418 e. The number of hydrogen-bond donors (Lipinski definition) is 1. The van der Waals surface area contributed by atoms with E-state index < -0.39 is 0 Å². The van der Waals surface area contributed by atoms with Gasteiger partial charge >= 0.3 is 0 Å². The number of rotatable bonds is 2. The molecular formula is C13H16N2O2. The number of aliphatic hydroxyl groups is 1.